The Morgan fingerprint density at radius 3 is 2.20 bits per heavy atom. The normalized spacial score (nSPS) is 19.6. The van der Waals surface area contributed by atoms with Gasteiger partial charge in [-0.15, -0.1) is 0 Å². The molecule has 0 saturated carbocycles. The maximum Gasteiger partial charge on any atom is 0.167 e. The van der Waals surface area contributed by atoms with E-state index in [9.17, 15) is 14.7 Å². The van der Waals surface area contributed by atoms with Crippen LogP contribution in [0.25, 0.3) is 0 Å². The quantitative estimate of drug-likeness (QED) is 0.232. The van der Waals surface area contributed by atoms with Gasteiger partial charge in [-0.25, -0.2) is 4.39 Å². The maximum atomic E-state index is 15.1. The van der Waals surface area contributed by atoms with Gasteiger partial charge in [0.1, 0.15) is 11.6 Å². The van der Waals surface area contributed by atoms with Gasteiger partial charge in [-0.05, 0) is 82.7 Å². The second-order valence-electron chi connectivity index (χ2n) is 11.3. The molecule has 0 unspecified atom stereocenters. The number of nitrogens with zero attached hydrogens (tertiary/aromatic N) is 2. The molecule has 1 heterocycles. The van der Waals surface area contributed by atoms with Crippen LogP contribution in [0.4, 0.5) is 4.39 Å². The molecule has 1 aliphatic heterocycles. The van der Waals surface area contributed by atoms with Crippen molar-refractivity contribution in [3.05, 3.63) is 100 Å². The van der Waals surface area contributed by atoms with Crippen molar-refractivity contribution in [3.63, 3.8) is 0 Å². The molecule has 1 aliphatic rings. The number of unbranched alkanes of at least 4 members (excludes halogenated alkanes) is 1. The molecular weight excluding hydrogens is 503 g/mol. The third kappa shape index (κ3) is 6.86. The van der Waals surface area contributed by atoms with Crippen molar-refractivity contribution in [2.24, 2.45) is 11.8 Å². The summed E-state index contributed by atoms with van der Waals surface area (Å²) in [4.78, 5) is 32.8. The van der Waals surface area contributed by atoms with Crippen LogP contribution in [0.2, 0.25) is 0 Å². The Bertz CT molecular complexity index is 1320. The first-order valence-corrected chi connectivity index (χ1v) is 14.3. The van der Waals surface area contributed by atoms with Gasteiger partial charge in [0.2, 0.25) is 0 Å². The molecule has 3 aromatic rings. The third-order valence-electron chi connectivity index (χ3n) is 8.11. The highest BCUT2D eigenvalue weighted by Crippen LogP contribution is 2.43. The van der Waals surface area contributed by atoms with Gasteiger partial charge in [0.15, 0.2) is 11.6 Å². The molecule has 40 heavy (non-hydrogen) atoms. The largest absolute Gasteiger partial charge is 0.508 e. The Hall–Kier alpha value is -3.35. The summed E-state index contributed by atoms with van der Waals surface area (Å²) >= 11 is 0. The van der Waals surface area contributed by atoms with E-state index < -0.39 is 17.8 Å². The fourth-order valence-electron chi connectivity index (χ4n) is 6.08. The van der Waals surface area contributed by atoms with E-state index in [1.165, 1.54) is 18.2 Å². The number of likely N-dealkylation sites (tertiary alicyclic amines) is 1. The van der Waals surface area contributed by atoms with Gasteiger partial charge in [-0.2, -0.15) is 0 Å². The second-order valence-corrected chi connectivity index (χ2v) is 11.3. The number of hydrogen-bond donors (Lipinski definition) is 1. The van der Waals surface area contributed by atoms with Crippen LogP contribution in [0.3, 0.4) is 0 Å². The highest BCUT2D eigenvalue weighted by molar-refractivity contribution is 6.02. The Labute approximate surface area is 237 Å². The van der Waals surface area contributed by atoms with Gasteiger partial charge in [-0.1, -0.05) is 61.0 Å². The van der Waals surface area contributed by atoms with Crippen LogP contribution >= 0.6 is 0 Å². The fraction of sp³-hybridized carbons (Fsp3) is 0.412. The monoisotopic (exact) mass is 544 g/mol. The van der Waals surface area contributed by atoms with E-state index in [1.807, 2.05) is 44.2 Å². The molecule has 0 radical (unpaired) electrons. The lowest BCUT2D eigenvalue weighted by Crippen LogP contribution is -2.50. The van der Waals surface area contributed by atoms with Gasteiger partial charge in [-0.3, -0.25) is 9.59 Å². The molecule has 0 spiro atoms. The SMILES string of the molecule is CCc1c(F)cccc1[C@H]1[C@@H](C(=O)c2cccc(O)c2)CN(CCCCN(C)C)C[C@H]1C(=O)c1ccc(C)cc1. The lowest BCUT2D eigenvalue weighted by molar-refractivity contribution is 0.0566. The van der Waals surface area contributed by atoms with Crippen LogP contribution in [0.15, 0.2) is 66.7 Å². The number of carbonyl (C=O) groups excluding carboxylic acids is 2. The molecule has 3 atom stereocenters. The summed E-state index contributed by atoms with van der Waals surface area (Å²) in [5.41, 5.74) is 3.36. The van der Waals surface area contributed by atoms with Gasteiger partial charge in [0.25, 0.3) is 0 Å². The molecule has 1 saturated heterocycles. The Morgan fingerprint density at radius 2 is 1.57 bits per heavy atom. The Kier molecular flexibility index (Phi) is 9.88. The van der Waals surface area contributed by atoms with E-state index in [2.05, 4.69) is 23.9 Å². The minimum absolute atomic E-state index is 0.0195. The summed E-state index contributed by atoms with van der Waals surface area (Å²) in [6.45, 7) is 6.60. The molecule has 0 amide bonds. The molecule has 0 aromatic heterocycles. The lowest BCUT2D eigenvalue weighted by atomic mass is 9.67. The molecule has 6 heteroatoms. The Morgan fingerprint density at radius 1 is 0.925 bits per heavy atom. The third-order valence-corrected chi connectivity index (χ3v) is 8.11. The number of ketones is 2. The van der Waals surface area contributed by atoms with Crippen molar-refractivity contribution in [3.8, 4) is 5.75 Å². The summed E-state index contributed by atoms with van der Waals surface area (Å²) < 4.78 is 15.1. The summed E-state index contributed by atoms with van der Waals surface area (Å²) in [5.74, 6) is -2.04. The predicted molar refractivity (Wildman–Crippen MR) is 158 cm³/mol. The molecule has 3 aromatic carbocycles. The summed E-state index contributed by atoms with van der Waals surface area (Å²) in [5, 5.41) is 10.1. The van der Waals surface area contributed by atoms with Gasteiger partial charge < -0.3 is 14.9 Å². The summed E-state index contributed by atoms with van der Waals surface area (Å²) in [6.07, 6.45) is 2.42. The first-order chi connectivity index (χ1) is 19.2. The van der Waals surface area contributed by atoms with E-state index in [0.717, 1.165) is 37.1 Å². The number of aromatic hydroxyl groups is 1. The topological polar surface area (TPSA) is 60.9 Å². The molecule has 1 fully saturated rings. The van der Waals surface area contributed by atoms with Gasteiger partial charge >= 0.3 is 0 Å². The van der Waals surface area contributed by atoms with E-state index in [0.29, 0.717) is 36.2 Å². The van der Waals surface area contributed by atoms with Crippen molar-refractivity contribution in [1.29, 1.82) is 0 Å². The van der Waals surface area contributed by atoms with Crippen LogP contribution in [0.5, 0.6) is 5.75 Å². The standard InChI is InChI=1S/C34H41FN2O3/c1-5-27-28(12-9-13-31(27)35)32-29(33(39)24-16-14-23(2)15-17-24)21-37(19-7-6-18-36(3)4)22-30(32)34(40)25-10-8-11-26(38)20-25/h8-17,20,29-30,32,38H,5-7,18-19,21-22H2,1-4H3/t29-,30+,32-/m1/s1. The van der Waals surface area contributed by atoms with Crippen LogP contribution in [0, 0.1) is 24.6 Å². The summed E-state index contributed by atoms with van der Waals surface area (Å²) in [6, 6.07) is 19.0. The molecule has 212 valence electrons. The van der Waals surface area contributed by atoms with E-state index >= 15 is 4.39 Å². The van der Waals surface area contributed by atoms with Crippen molar-refractivity contribution in [2.45, 2.75) is 39.0 Å². The van der Waals surface area contributed by atoms with E-state index in [-0.39, 0.29) is 23.1 Å². The predicted octanol–water partition coefficient (Wildman–Crippen LogP) is 6.14. The van der Waals surface area contributed by atoms with Crippen molar-refractivity contribution in [2.75, 3.05) is 40.3 Å². The minimum Gasteiger partial charge on any atom is -0.508 e. The highest BCUT2D eigenvalue weighted by atomic mass is 19.1. The maximum absolute atomic E-state index is 15.1. The average molecular weight is 545 g/mol. The zero-order valence-electron chi connectivity index (χ0n) is 24.1. The first-order valence-electron chi connectivity index (χ1n) is 14.3. The first kappa shape index (κ1) is 29.6. The van der Waals surface area contributed by atoms with Crippen LogP contribution in [-0.4, -0.2) is 66.7 Å². The van der Waals surface area contributed by atoms with Gasteiger partial charge in [0, 0.05) is 42.0 Å². The number of benzene rings is 3. The summed E-state index contributed by atoms with van der Waals surface area (Å²) in [7, 11) is 4.10. The van der Waals surface area contributed by atoms with Crippen molar-refractivity contribution in [1.82, 2.24) is 9.80 Å². The molecule has 5 nitrogen and oxygen atoms in total. The number of rotatable bonds is 11. The number of Topliss-reactive ketones (excluding diaryl/α,β-unsaturated/α-hetero) is 2. The minimum atomic E-state index is -0.573. The average Bonchev–Trinajstić information content (AvgIpc) is 2.94. The highest BCUT2D eigenvalue weighted by Gasteiger charge is 2.45. The van der Waals surface area contributed by atoms with E-state index in [1.54, 1.807) is 18.2 Å². The molecule has 1 N–H and O–H groups in total. The number of carbonyl (C=O) groups is 2. The molecule has 0 bridgehead atoms. The van der Waals surface area contributed by atoms with Crippen LogP contribution in [0.1, 0.15) is 63.1 Å². The van der Waals surface area contributed by atoms with Crippen molar-refractivity contribution < 1.29 is 19.1 Å². The van der Waals surface area contributed by atoms with Crippen LogP contribution in [-0.2, 0) is 6.42 Å². The number of phenols is 1. The second kappa shape index (κ2) is 13.3. The Balaban J connectivity index is 1.80. The van der Waals surface area contributed by atoms with Crippen molar-refractivity contribution >= 4 is 11.6 Å². The fourth-order valence-corrected chi connectivity index (χ4v) is 6.08. The van der Waals surface area contributed by atoms with E-state index in [4.69, 9.17) is 0 Å². The van der Waals surface area contributed by atoms with Gasteiger partial charge in [0.05, 0.1) is 0 Å². The van der Waals surface area contributed by atoms with Crippen LogP contribution < -0.4 is 0 Å². The zero-order valence-corrected chi connectivity index (χ0v) is 24.1. The molecule has 0 aliphatic carbocycles. The molecule has 4 rings (SSSR count). The number of phenolic OH excluding ortho intramolecular Hbond substituents is 1. The number of aryl methyl sites for hydroxylation is 1. The lowest BCUT2D eigenvalue weighted by Gasteiger charge is -2.44. The number of halogens is 1. The number of piperidine rings is 1. The smallest absolute Gasteiger partial charge is 0.167 e. The number of hydrogen-bond acceptors (Lipinski definition) is 5. The zero-order chi connectivity index (χ0) is 28.8. The molecular formula is C34H41FN2O3.